The van der Waals surface area contributed by atoms with Crippen LogP contribution in [0.1, 0.15) is 56.2 Å². The second-order valence-electron chi connectivity index (χ2n) is 9.10. The summed E-state index contributed by atoms with van der Waals surface area (Å²) in [5.41, 5.74) is 4.67. The number of aromatic nitrogens is 2. The lowest BCUT2D eigenvalue weighted by Crippen LogP contribution is -2.19. The summed E-state index contributed by atoms with van der Waals surface area (Å²) in [4.78, 5) is 12.8. The minimum absolute atomic E-state index is 0.00485. The van der Waals surface area contributed by atoms with E-state index in [0.29, 0.717) is 4.47 Å². The van der Waals surface area contributed by atoms with Gasteiger partial charge in [-0.05, 0) is 103 Å². The molecule has 5 heteroatoms. The van der Waals surface area contributed by atoms with Crippen LogP contribution in [-0.2, 0) is 19.9 Å². The average molecular weight is 511 g/mol. The Bertz CT molecular complexity index is 1150. The van der Waals surface area contributed by atoms with Gasteiger partial charge < -0.3 is 0 Å². The molecular weight excluding hydrogens is 479 g/mol. The van der Waals surface area contributed by atoms with E-state index in [1.807, 2.05) is 54.2 Å². The Hall–Kier alpha value is -2.40. The summed E-state index contributed by atoms with van der Waals surface area (Å²) in [7, 11) is 1.97. The van der Waals surface area contributed by atoms with E-state index in [1.165, 1.54) is 30.4 Å². The molecule has 1 atom stereocenters. The largest absolute Gasteiger partial charge is 0.285 e. The van der Waals surface area contributed by atoms with Gasteiger partial charge in [0.05, 0.1) is 11.4 Å². The van der Waals surface area contributed by atoms with Crippen LogP contribution in [0.4, 0.5) is 4.39 Å². The van der Waals surface area contributed by atoms with Gasteiger partial charge in [-0.2, -0.15) is 0 Å². The number of halogens is 2. The van der Waals surface area contributed by atoms with Crippen LogP contribution < -0.4 is 5.56 Å². The predicted molar refractivity (Wildman–Crippen MR) is 136 cm³/mol. The Morgan fingerprint density at radius 2 is 1.76 bits per heavy atom. The van der Waals surface area contributed by atoms with Gasteiger partial charge in [-0.3, -0.25) is 9.48 Å². The highest BCUT2D eigenvalue weighted by Gasteiger charge is 2.18. The molecule has 0 aliphatic heterocycles. The lowest BCUT2D eigenvalue weighted by atomic mass is 9.92. The molecule has 0 saturated heterocycles. The van der Waals surface area contributed by atoms with Gasteiger partial charge in [-0.25, -0.2) is 9.07 Å². The topological polar surface area (TPSA) is 26.9 Å². The highest BCUT2D eigenvalue weighted by atomic mass is 79.9. The van der Waals surface area contributed by atoms with Gasteiger partial charge in [0, 0.05) is 7.05 Å². The standard InChI is InChI=1S/C28H32BrFN2O/c1-31-26(27(29)28(33)32(31)25-11-3-2-4-12-25)20-17-22-9-5-7-21(13-14-22)8-6-10-23-15-18-24(30)19-16-23/h2-4,9,11-12,15-16,18-19,21H,5-8,10,13-14,17,20H2,1H3. The highest BCUT2D eigenvalue weighted by molar-refractivity contribution is 9.10. The van der Waals surface area contributed by atoms with Crippen molar-refractivity contribution in [2.75, 3.05) is 0 Å². The summed E-state index contributed by atoms with van der Waals surface area (Å²) < 4.78 is 17.5. The highest BCUT2D eigenvalue weighted by Crippen LogP contribution is 2.29. The zero-order valence-corrected chi connectivity index (χ0v) is 20.9. The Kier molecular flexibility index (Phi) is 8.02. The first-order valence-corrected chi connectivity index (χ1v) is 12.8. The van der Waals surface area contributed by atoms with Crippen LogP contribution in [0.15, 0.2) is 75.5 Å². The van der Waals surface area contributed by atoms with Crippen molar-refractivity contribution in [1.29, 1.82) is 0 Å². The zero-order chi connectivity index (χ0) is 23.2. The number of hydrogen-bond donors (Lipinski definition) is 0. The van der Waals surface area contributed by atoms with E-state index in [0.717, 1.165) is 55.8 Å². The normalized spacial score (nSPS) is 16.5. The first-order chi connectivity index (χ1) is 16.0. The Labute approximate surface area is 204 Å². The number of rotatable bonds is 8. The number of aryl methyl sites for hydroxylation is 1. The monoisotopic (exact) mass is 510 g/mol. The second-order valence-corrected chi connectivity index (χ2v) is 9.89. The minimum Gasteiger partial charge on any atom is -0.284 e. The van der Waals surface area contributed by atoms with Gasteiger partial charge in [-0.1, -0.05) is 48.4 Å². The first-order valence-electron chi connectivity index (χ1n) is 12.0. The van der Waals surface area contributed by atoms with E-state index in [4.69, 9.17) is 0 Å². The Balaban J connectivity index is 1.30. The van der Waals surface area contributed by atoms with Crippen LogP contribution in [0.3, 0.4) is 0 Å². The molecule has 0 bridgehead atoms. The van der Waals surface area contributed by atoms with Crippen molar-refractivity contribution >= 4 is 15.9 Å². The third kappa shape index (κ3) is 5.94. The van der Waals surface area contributed by atoms with E-state index in [1.54, 1.807) is 16.8 Å². The fourth-order valence-corrected chi connectivity index (χ4v) is 5.57. The van der Waals surface area contributed by atoms with Gasteiger partial charge >= 0.3 is 0 Å². The molecular formula is C28H32BrFN2O. The molecule has 3 nitrogen and oxygen atoms in total. The maximum Gasteiger partial charge on any atom is 0.285 e. The van der Waals surface area contributed by atoms with Crippen molar-refractivity contribution in [3.63, 3.8) is 0 Å². The van der Waals surface area contributed by atoms with Crippen molar-refractivity contribution in [3.8, 4) is 5.69 Å². The third-order valence-corrected chi connectivity index (χ3v) is 7.68. The van der Waals surface area contributed by atoms with E-state index < -0.39 is 0 Å². The third-order valence-electron chi connectivity index (χ3n) is 6.88. The summed E-state index contributed by atoms with van der Waals surface area (Å²) in [6.07, 6.45) is 12.5. The van der Waals surface area contributed by atoms with Crippen molar-refractivity contribution in [2.24, 2.45) is 13.0 Å². The molecule has 0 saturated carbocycles. The van der Waals surface area contributed by atoms with E-state index in [9.17, 15) is 9.18 Å². The van der Waals surface area contributed by atoms with Crippen LogP contribution in [0, 0.1) is 11.7 Å². The van der Waals surface area contributed by atoms with Crippen LogP contribution >= 0.6 is 15.9 Å². The summed E-state index contributed by atoms with van der Waals surface area (Å²) in [6.45, 7) is 0. The van der Waals surface area contributed by atoms with Crippen LogP contribution in [-0.4, -0.2) is 9.36 Å². The molecule has 174 valence electrons. The van der Waals surface area contributed by atoms with Crippen molar-refractivity contribution in [1.82, 2.24) is 9.36 Å². The van der Waals surface area contributed by atoms with E-state index in [2.05, 4.69) is 22.0 Å². The van der Waals surface area contributed by atoms with Crippen LogP contribution in [0.5, 0.6) is 0 Å². The predicted octanol–water partition coefficient (Wildman–Crippen LogP) is 7.15. The molecule has 0 spiro atoms. The molecule has 1 heterocycles. The van der Waals surface area contributed by atoms with E-state index in [-0.39, 0.29) is 11.4 Å². The Morgan fingerprint density at radius 1 is 1.00 bits per heavy atom. The van der Waals surface area contributed by atoms with Crippen molar-refractivity contribution in [3.05, 3.63) is 98.1 Å². The lowest BCUT2D eigenvalue weighted by Gasteiger charge is -2.14. The maximum atomic E-state index is 13.1. The number of allylic oxidation sites excluding steroid dienone is 2. The SMILES string of the molecule is Cn1c(CCC2=CCCC(CCCc3ccc(F)cc3)CC2)c(Br)c(=O)n1-c1ccccc1. The molecule has 3 aromatic rings. The summed E-state index contributed by atoms with van der Waals surface area (Å²) >= 11 is 3.56. The van der Waals surface area contributed by atoms with Gasteiger partial charge in [-0.15, -0.1) is 0 Å². The molecule has 1 aliphatic carbocycles. The number of nitrogens with zero attached hydrogens (tertiary/aromatic N) is 2. The van der Waals surface area contributed by atoms with Gasteiger partial charge in [0.1, 0.15) is 10.3 Å². The van der Waals surface area contributed by atoms with Gasteiger partial charge in [0.2, 0.25) is 0 Å². The number of benzene rings is 2. The van der Waals surface area contributed by atoms with Crippen molar-refractivity contribution in [2.45, 2.75) is 57.8 Å². The molecule has 1 unspecified atom stereocenters. The van der Waals surface area contributed by atoms with Crippen LogP contribution in [0.2, 0.25) is 0 Å². The smallest absolute Gasteiger partial charge is 0.284 e. The average Bonchev–Trinajstić information content (AvgIpc) is 2.97. The maximum absolute atomic E-state index is 13.1. The second kappa shape index (κ2) is 11.1. The number of hydrogen-bond acceptors (Lipinski definition) is 1. The quantitative estimate of drug-likeness (QED) is 0.295. The molecule has 1 aliphatic rings. The lowest BCUT2D eigenvalue weighted by molar-refractivity contribution is 0.418. The van der Waals surface area contributed by atoms with Crippen LogP contribution in [0.25, 0.3) is 5.69 Å². The molecule has 1 aromatic heterocycles. The van der Waals surface area contributed by atoms with E-state index >= 15 is 0 Å². The summed E-state index contributed by atoms with van der Waals surface area (Å²) in [5, 5.41) is 0. The molecule has 33 heavy (non-hydrogen) atoms. The summed E-state index contributed by atoms with van der Waals surface area (Å²) in [5.74, 6) is 0.597. The molecule has 0 amide bonds. The molecule has 2 aromatic carbocycles. The van der Waals surface area contributed by atoms with Crippen molar-refractivity contribution < 1.29 is 4.39 Å². The molecule has 4 rings (SSSR count). The first kappa shape index (κ1) is 23.7. The molecule has 0 radical (unpaired) electrons. The minimum atomic E-state index is -0.162. The fraction of sp³-hybridized carbons (Fsp3) is 0.393. The number of para-hydroxylation sites is 1. The fourth-order valence-electron chi connectivity index (χ4n) is 4.95. The Morgan fingerprint density at radius 3 is 2.52 bits per heavy atom. The molecule has 0 N–H and O–H groups in total. The zero-order valence-electron chi connectivity index (χ0n) is 19.3. The summed E-state index contributed by atoms with van der Waals surface area (Å²) in [6, 6.07) is 16.7. The van der Waals surface area contributed by atoms with Gasteiger partial charge in [0.25, 0.3) is 5.56 Å². The molecule has 0 fully saturated rings. The van der Waals surface area contributed by atoms with Gasteiger partial charge in [0.15, 0.2) is 0 Å².